The molecule has 3 aliphatic heterocycles. The first-order chi connectivity index (χ1) is 12.2. The number of oxime groups is 1. The van der Waals surface area contributed by atoms with Crippen LogP contribution >= 0.6 is 12.4 Å². The van der Waals surface area contributed by atoms with Crippen LogP contribution in [0.25, 0.3) is 10.9 Å². The van der Waals surface area contributed by atoms with Gasteiger partial charge in [0.2, 0.25) is 0 Å². The Morgan fingerprint density at radius 2 is 2.12 bits per heavy atom. The van der Waals surface area contributed by atoms with Gasteiger partial charge in [-0.05, 0) is 49.3 Å². The van der Waals surface area contributed by atoms with E-state index >= 15 is 0 Å². The van der Waals surface area contributed by atoms with E-state index in [0.29, 0.717) is 12.1 Å². The zero-order chi connectivity index (χ0) is 17.2. The highest BCUT2D eigenvalue weighted by molar-refractivity contribution is 6.41. The lowest BCUT2D eigenvalue weighted by Gasteiger charge is -2.51. The molecule has 0 unspecified atom stereocenters. The maximum Gasteiger partial charge on any atom is 0.280 e. The predicted octanol–water partition coefficient (Wildman–Crippen LogP) is 4.03. The number of halogens is 1. The van der Waals surface area contributed by atoms with Crippen LogP contribution < -0.4 is 0 Å². The molecule has 0 aliphatic carbocycles. The highest BCUT2D eigenvalue weighted by atomic mass is 35.5. The van der Waals surface area contributed by atoms with Gasteiger partial charge < -0.3 is 5.21 Å². The molecule has 0 bridgehead atoms. The van der Waals surface area contributed by atoms with Gasteiger partial charge in [0.25, 0.3) is 5.91 Å². The zero-order valence-corrected chi connectivity index (χ0v) is 15.8. The minimum Gasteiger partial charge on any atom is -0.410 e. The summed E-state index contributed by atoms with van der Waals surface area (Å²) < 4.78 is 1.86. The monoisotopic (exact) mass is 373 g/mol. The number of carbonyl (C=O) groups is 1. The number of para-hydroxylation sites is 1. The number of carbonyl (C=O) groups excluding carboxylic acids is 1. The Morgan fingerprint density at radius 1 is 1.31 bits per heavy atom. The predicted molar refractivity (Wildman–Crippen MR) is 104 cm³/mol. The van der Waals surface area contributed by atoms with Gasteiger partial charge in [0.15, 0.2) is 0 Å². The molecule has 5 rings (SSSR count). The first-order valence-corrected chi connectivity index (χ1v) is 9.32. The van der Waals surface area contributed by atoms with Gasteiger partial charge in [0.05, 0.1) is 11.6 Å². The molecule has 5 nitrogen and oxygen atoms in total. The Labute approximate surface area is 159 Å². The van der Waals surface area contributed by atoms with E-state index < -0.39 is 0 Å². The van der Waals surface area contributed by atoms with Crippen molar-refractivity contribution < 1.29 is 10.0 Å². The fourth-order valence-corrected chi connectivity index (χ4v) is 5.64. The number of fused-ring (bicyclic) bond motifs is 3. The molecule has 26 heavy (non-hydrogen) atoms. The molecule has 0 radical (unpaired) electrons. The number of aromatic nitrogens is 1. The molecular formula is C20H24ClN3O2. The van der Waals surface area contributed by atoms with E-state index in [1.807, 2.05) is 22.8 Å². The van der Waals surface area contributed by atoms with Crippen molar-refractivity contribution in [3.63, 3.8) is 0 Å². The van der Waals surface area contributed by atoms with Crippen LogP contribution in [0, 0.1) is 5.41 Å². The van der Waals surface area contributed by atoms with Gasteiger partial charge in [-0.1, -0.05) is 30.3 Å². The quantitative estimate of drug-likeness (QED) is 0.606. The molecule has 1 saturated heterocycles. The van der Waals surface area contributed by atoms with Crippen LogP contribution in [-0.2, 0) is 6.42 Å². The maximum atomic E-state index is 13.3. The topological polar surface area (TPSA) is 57.8 Å². The van der Waals surface area contributed by atoms with E-state index in [-0.39, 0.29) is 29.8 Å². The molecule has 138 valence electrons. The molecule has 0 amide bonds. The van der Waals surface area contributed by atoms with Crippen molar-refractivity contribution in [3.05, 3.63) is 35.5 Å². The largest absolute Gasteiger partial charge is 0.410 e. The second-order valence-electron chi connectivity index (χ2n) is 7.75. The summed E-state index contributed by atoms with van der Waals surface area (Å²) in [6.07, 6.45) is 4.76. The second kappa shape index (κ2) is 6.10. The molecule has 2 atom stereocenters. The van der Waals surface area contributed by atoms with Crippen LogP contribution in [0.4, 0.5) is 0 Å². The number of nitrogens with zero attached hydrogens (tertiary/aromatic N) is 3. The Hall–Kier alpha value is -1.85. The Kier molecular flexibility index (Phi) is 4.12. The van der Waals surface area contributed by atoms with Gasteiger partial charge in [0.1, 0.15) is 5.71 Å². The summed E-state index contributed by atoms with van der Waals surface area (Å²) in [6, 6.07) is 8.42. The molecule has 3 aliphatic rings. The summed E-state index contributed by atoms with van der Waals surface area (Å²) in [5, 5.41) is 14.3. The van der Waals surface area contributed by atoms with E-state index in [0.717, 1.165) is 50.0 Å². The van der Waals surface area contributed by atoms with Crippen LogP contribution in [-0.4, -0.2) is 39.4 Å². The molecule has 1 N–H and O–H groups in total. The summed E-state index contributed by atoms with van der Waals surface area (Å²) in [7, 11) is 0. The van der Waals surface area contributed by atoms with Gasteiger partial charge in [0, 0.05) is 24.0 Å². The van der Waals surface area contributed by atoms with Crippen LogP contribution in [0.3, 0.4) is 0 Å². The van der Waals surface area contributed by atoms with Crippen molar-refractivity contribution in [1.29, 1.82) is 0 Å². The van der Waals surface area contributed by atoms with Gasteiger partial charge in [-0.2, -0.15) is 0 Å². The first-order valence-electron chi connectivity index (χ1n) is 9.32. The normalized spacial score (nSPS) is 29.3. The van der Waals surface area contributed by atoms with Gasteiger partial charge in [-0.15, -0.1) is 12.4 Å². The number of benzene rings is 1. The summed E-state index contributed by atoms with van der Waals surface area (Å²) in [6.45, 7) is 4.36. The van der Waals surface area contributed by atoms with Crippen LogP contribution in [0.1, 0.15) is 54.7 Å². The zero-order valence-electron chi connectivity index (χ0n) is 14.9. The van der Waals surface area contributed by atoms with E-state index in [1.165, 1.54) is 10.9 Å². The fraction of sp³-hybridized carbons (Fsp3) is 0.500. The average molecular weight is 374 g/mol. The molecule has 4 heterocycles. The lowest BCUT2D eigenvalue weighted by Crippen LogP contribution is -2.49. The Bertz CT molecular complexity index is 919. The number of hydrogen-bond donors (Lipinski definition) is 1. The lowest BCUT2D eigenvalue weighted by atomic mass is 9.66. The third-order valence-electron chi connectivity index (χ3n) is 6.79. The van der Waals surface area contributed by atoms with Crippen molar-refractivity contribution in [2.75, 3.05) is 13.1 Å². The van der Waals surface area contributed by atoms with Gasteiger partial charge in [-0.25, -0.2) is 0 Å². The van der Waals surface area contributed by atoms with Crippen LogP contribution in [0.2, 0.25) is 0 Å². The van der Waals surface area contributed by atoms with Crippen molar-refractivity contribution >= 4 is 34.9 Å². The molecular weight excluding hydrogens is 350 g/mol. The molecule has 1 aromatic heterocycles. The molecule has 2 aromatic rings. The summed E-state index contributed by atoms with van der Waals surface area (Å²) >= 11 is 0. The van der Waals surface area contributed by atoms with Crippen molar-refractivity contribution in [3.8, 4) is 0 Å². The molecule has 6 heteroatoms. The molecule has 0 saturated carbocycles. The minimum absolute atomic E-state index is 0. The van der Waals surface area contributed by atoms with Gasteiger partial charge in [-0.3, -0.25) is 14.3 Å². The third-order valence-corrected chi connectivity index (χ3v) is 6.79. The van der Waals surface area contributed by atoms with Crippen molar-refractivity contribution in [1.82, 2.24) is 9.47 Å². The summed E-state index contributed by atoms with van der Waals surface area (Å²) in [5.74, 6) is -0.149. The standard InChI is InChI=1S/C20H23N3O2.ClH/c1-2-20-9-5-10-22-11-8-14-13-6-3-4-7-16(13)23(17(14)18(20)22)19(24)15(12-20)21-25;/h3-4,6-7,18,25H,2,5,8-12H2,1H3;1H/t18-,20+;/m1./s1. The Balaban J connectivity index is 0.00000168. The smallest absolute Gasteiger partial charge is 0.280 e. The highest BCUT2D eigenvalue weighted by Crippen LogP contribution is 2.55. The molecule has 1 fully saturated rings. The minimum atomic E-state index is -0.149. The lowest BCUT2D eigenvalue weighted by molar-refractivity contribution is 0.00376. The first kappa shape index (κ1) is 17.6. The fourth-order valence-electron chi connectivity index (χ4n) is 5.64. The number of rotatable bonds is 1. The van der Waals surface area contributed by atoms with Crippen molar-refractivity contribution in [2.45, 2.75) is 45.1 Å². The summed E-state index contributed by atoms with van der Waals surface area (Å²) in [5.41, 5.74) is 3.73. The van der Waals surface area contributed by atoms with Crippen LogP contribution in [0.15, 0.2) is 29.4 Å². The van der Waals surface area contributed by atoms with E-state index in [4.69, 9.17) is 0 Å². The van der Waals surface area contributed by atoms with E-state index in [2.05, 4.69) is 23.0 Å². The number of piperidine rings is 1. The Morgan fingerprint density at radius 3 is 2.88 bits per heavy atom. The second-order valence-corrected chi connectivity index (χ2v) is 7.75. The van der Waals surface area contributed by atoms with E-state index in [9.17, 15) is 10.0 Å². The maximum absolute atomic E-state index is 13.3. The van der Waals surface area contributed by atoms with Gasteiger partial charge >= 0.3 is 0 Å². The highest BCUT2D eigenvalue weighted by Gasteiger charge is 2.52. The molecule has 1 aromatic carbocycles. The van der Waals surface area contributed by atoms with Crippen molar-refractivity contribution in [2.24, 2.45) is 10.6 Å². The SMILES string of the molecule is CC[C@]12CCCN3CCc4c(n(c5ccccc45)C(=O)C(=NO)C1)[C@@H]32.Cl. The van der Waals surface area contributed by atoms with E-state index in [1.54, 1.807) is 0 Å². The van der Waals surface area contributed by atoms with Crippen LogP contribution in [0.5, 0.6) is 0 Å². The third kappa shape index (κ3) is 2.07. The average Bonchev–Trinajstić information content (AvgIpc) is 2.94. The molecule has 0 spiro atoms. The summed E-state index contributed by atoms with van der Waals surface area (Å²) in [4.78, 5) is 15.8. The number of hydrogen-bond acceptors (Lipinski definition) is 4.